The van der Waals surface area contributed by atoms with Gasteiger partial charge >= 0.3 is 5.97 Å². The van der Waals surface area contributed by atoms with E-state index in [-0.39, 0.29) is 12.6 Å². The molecule has 0 aromatic heterocycles. The molecule has 1 saturated carbocycles. The van der Waals surface area contributed by atoms with Crippen LogP contribution in [0.25, 0.3) is 0 Å². The van der Waals surface area contributed by atoms with Crippen LogP contribution in [0.4, 0.5) is 0 Å². The number of carbonyl (C=O) groups is 1. The molecule has 1 rings (SSSR count). The van der Waals surface area contributed by atoms with Crippen molar-refractivity contribution in [3.05, 3.63) is 0 Å². The summed E-state index contributed by atoms with van der Waals surface area (Å²) in [6.07, 6.45) is 4.79. The quantitative estimate of drug-likeness (QED) is 0.642. The molecular formula is C12H24N2O4S. The zero-order valence-corrected chi connectivity index (χ0v) is 12.4. The second kappa shape index (κ2) is 6.67. The monoisotopic (exact) mass is 292 g/mol. The SMILES string of the molecule is CC(C)NS(=O)(=O)NCC1(C(=O)O)CCCCCC1. The van der Waals surface area contributed by atoms with Crippen LogP contribution in [0, 0.1) is 5.41 Å². The van der Waals surface area contributed by atoms with E-state index in [0.717, 1.165) is 25.7 Å². The van der Waals surface area contributed by atoms with Crippen molar-refractivity contribution in [2.75, 3.05) is 6.54 Å². The Morgan fingerprint density at radius 2 is 1.74 bits per heavy atom. The van der Waals surface area contributed by atoms with E-state index in [1.165, 1.54) is 0 Å². The van der Waals surface area contributed by atoms with Crippen molar-refractivity contribution in [2.45, 2.75) is 58.4 Å². The Morgan fingerprint density at radius 1 is 1.21 bits per heavy atom. The van der Waals surface area contributed by atoms with Crippen LogP contribution >= 0.6 is 0 Å². The van der Waals surface area contributed by atoms with Crippen LogP contribution in [-0.2, 0) is 15.0 Å². The molecule has 0 unspecified atom stereocenters. The Hall–Kier alpha value is -0.660. The summed E-state index contributed by atoms with van der Waals surface area (Å²) in [6.45, 7) is 3.40. The summed E-state index contributed by atoms with van der Waals surface area (Å²) >= 11 is 0. The first-order valence-electron chi connectivity index (χ1n) is 6.78. The molecule has 112 valence electrons. The van der Waals surface area contributed by atoms with E-state index in [9.17, 15) is 18.3 Å². The van der Waals surface area contributed by atoms with E-state index >= 15 is 0 Å². The molecule has 7 heteroatoms. The topological polar surface area (TPSA) is 95.5 Å². The largest absolute Gasteiger partial charge is 0.481 e. The highest BCUT2D eigenvalue weighted by Gasteiger charge is 2.39. The number of rotatable bonds is 6. The Labute approximate surface area is 115 Å². The molecule has 1 fully saturated rings. The minimum atomic E-state index is -3.63. The highest BCUT2D eigenvalue weighted by molar-refractivity contribution is 7.87. The Kier molecular flexibility index (Phi) is 5.76. The van der Waals surface area contributed by atoms with Gasteiger partial charge in [-0.1, -0.05) is 25.7 Å². The van der Waals surface area contributed by atoms with E-state index in [0.29, 0.717) is 12.8 Å². The van der Waals surface area contributed by atoms with Crippen molar-refractivity contribution >= 4 is 16.2 Å². The molecular weight excluding hydrogens is 268 g/mol. The molecule has 0 aromatic carbocycles. The zero-order chi connectivity index (χ0) is 14.5. The number of hydrogen-bond acceptors (Lipinski definition) is 3. The molecule has 19 heavy (non-hydrogen) atoms. The predicted molar refractivity (Wildman–Crippen MR) is 73.0 cm³/mol. The van der Waals surface area contributed by atoms with Gasteiger partial charge in [0.15, 0.2) is 0 Å². The van der Waals surface area contributed by atoms with Gasteiger partial charge in [-0.3, -0.25) is 4.79 Å². The van der Waals surface area contributed by atoms with Crippen molar-refractivity contribution in [3.63, 3.8) is 0 Å². The van der Waals surface area contributed by atoms with Crippen LogP contribution in [0.15, 0.2) is 0 Å². The molecule has 0 amide bonds. The van der Waals surface area contributed by atoms with E-state index in [2.05, 4.69) is 9.44 Å². The number of nitrogens with one attached hydrogen (secondary N) is 2. The molecule has 0 heterocycles. The number of hydrogen-bond donors (Lipinski definition) is 3. The number of carboxylic acids is 1. The van der Waals surface area contributed by atoms with Gasteiger partial charge in [0.05, 0.1) is 5.41 Å². The highest BCUT2D eigenvalue weighted by Crippen LogP contribution is 2.34. The smallest absolute Gasteiger partial charge is 0.310 e. The van der Waals surface area contributed by atoms with Crippen molar-refractivity contribution in [1.82, 2.24) is 9.44 Å². The molecule has 0 aliphatic heterocycles. The normalized spacial score (nSPS) is 20.2. The van der Waals surface area contributed by atoms with Gasteiger partial charge in [-0.05, 0) is 26.7 Å². The fourth-order valence-electron chi connectivity index (χ4n) is 2.46. The maximum absolute atomic E-state index is 11.7. The average molecular weight is 292 g/mol. The maximum atomic E-state index is 11.7. The first-order chi connectivity index (χ1) is 8.77. The molecule has 0 spiro atoms. The van der Waals surface area contributed by atoms with Gasteiger partial charge in [-0.25, -0.2) is 4.72 Å². The first-order valence-corrected chi connectivity index (χ1v) is 8.26. The van der Waals surface area contributed by atoms with Gasteiger partial charge in [0, 0.05) is 12.6 Å². The second-order valence-electron chi connectivity index (χ2n) is 5.60. The van der Waals surface area contributed by atoms with Crippen LogP contribution in [0.2, 0.25) is 0 Å². The molecule has 1 aliphatic rings. The third kappa shape index (κ3) is 5.08. The summed E-state index contributed by atoms with van der Waals surface area (Å²) in [5, 5.41) is 9.44. The maximum Gasteiger partial charge on any atom is 0.310 e. The second-order valence-corrected chi connectivity index (χ2v) is 7.13. The fourth-order valence-corrected chi connectivity index (χ4v) is 3.63. The average Bonchev–Trinajstić information content (AvgIpc) is 2.51. The van der Waals surface area contributed by atoms with Crippen LogP contribution in [0.1, 0.15) is 52.4 Å². The lowest BCUT2D eigenvalue weighted by Crippen LogP contribution is -2.47. The van der Waals surface area contributed by atoms with Gasteiger partial charge in [-0.15, -0.1) is 0 Å². The molecule has 0 bridgehead atoms. The Balaban J connectivity index is 2.71. The Bertz CT molecular complexity index is 398. The standard InChI is InChI=1S/C12H24N2O4S/c1-10(2)14-19(17,18)13-9-12(11(15)16)7-5-3-4-6-8-12/h10,13-14H,3-9H2,1-2H3,(H,15,16). The van der Waals surface area contributed by atoms with Crippen molar-refractivity contribution in [2.24, 2.45) is 5.41 Å². The van der Waals surface area contributed by atoms with Crippen molar-refractivity contribution in [1.29, 1.82) is 0 Å². The van der Waals surface area contributed by atoms with E-state index in [4.69, 9.17) is 0 Å². The summed E-state index contributed by atoms with van der Waals surface area (Å²) in [5.41, 5.74) is -0.956. The molecule has 0 saturated heterocycles. The van der Waals surface area contributed by atoms with Gasteiger partial charge in [0.1, 0.15) is 0 Å². The van der Waals surface area contributed by atoms with Gasteiger partial charge in [-0.2, -0.15) is 13.1 Å². The zero-order valence-electron chi connectivity index (χ0n) is 11.6. The van der Waals surface area contributed by atoms with E-state index < -0.39 is 21.6 Å². The summed E-state index contributed by atoms with van der Waals surface area (Å²) < 4.78 is 28.2. The third-order valence-corrected chi connectivity index (χ3v) is 4.81. The molecule has 6 nitrogen and oxygen atoms in total. The van der Waals surface area contributed by atoms with Crippen LogP contribution < -0.4 is 9.44 Å². The lowest BCUT2D eigenvalue weighted by Gasteiger charge is -2.28. The minimum absolute atomic E-state index is 0.0373. The molecule has 0 atom stereocenters. The van der Waals surface area contributed by atoms with Crippen LogP contribution in [-0.4, -0.2) is 32.1 Å². The van der Waals surface area contributed by atoms with Gasteiger partial charge in [0.25, 0.3) is 10.2 Å². The summed E-state index contributed by atoms with van der Waals surface area (Å²) in [6, 6.07) is -0.215. The lowest BCUT2D eigenvalue weighted by atomic mass is 9.80. The summed E-state index contributed by atoms with van der Waals surface area (Å²) in [5.74, 6) is -0.901. The van der Waals surface area contributed by atoms with Gasteiger partial charge < -0.3 is 5.11 Å². The lowest BCUT2D eigenvalue weighted by molar-refractivity contribution is -0.149. The number of aliphatic carboxylic acids is 1. The van der Waals surface area contributed by atoms with Crippen molar-refractivity contribution in [3.8, 4) is 0 Å². The van der Waals surface area contributed by atoms with Crippen LogP contribution in [0.5, 0.6) is 0 Å². The summed E-state index contributed by atoms with van der Waals surface area (Å²) in [4.78, 5) is 11.5. The van der Waals surface area contributed by atoms with E-state index in [1.54, 1.807) is 13.8 Å². The third-order valence-electron chi connectivity index (χ3n) is 3.51. The molecule has 0 radical (unpaired) electrons. The number of carboxylic acid groups (broad SMARTS) is 1. The fraction of sp³-hybridized carbons (Fsp3) is 0.917. The minimum Gasteiger partial charge on any atom is -0.481 e. The molecule has 1 aliphatic carbocycles. The highest BCUT2D eigenvalue weighted by atomic mass is 32.2. The van der Waals surface area contributed by atoms with Crippen molar-refractivity contribution < 1.29 is 18.3 Å². The molecule has 0 aromatic rings. The summed E-state index contributed by atoms with van der Waals surface area (Å²) in [7, 11) is -3.63. The van der Waals surface area contributed by atoms with E-state index in [1.807, 2.05) is 0 Å². The predicted octanol–water partition coefficient (Wildman–Crippen LogP) is 1.24. The first kappa shape index (κ1) is 16.4. The molecule has 3 N–H and O–H groups in total. The van der Waals surface area contributed by atoms with Crippen LogP contribution in [0.3, 0.4) is 0 Å². The van der Waals surface area contributed by atoms with Gasteiger partial charge in [0.2, 0.25) is 0 Å². The Morgan fingerprint density at radius 3 is 2.16 bits per heavy atom.